The van der Waals surface area contributed by atoms with Gasteiger partial charge in [-0.2, -0.15) is 10.2 Å². The highest BCUT2D eigenvalue weighted by Crippen LogP contribution is 2.43. The summed E-state index contributed by atoms with van der Waals surface area (Å²) in [7, 11) is 0. The van der Waals surface area contributed by atoms with E-state index in [-0.39, 0.29) is 18.0 Å². The number of carbonyl (C=O) groups excluding carboxylic acids is 1. The molecule has 5 rings (SSSR count). The van der Waals surface area contributed by atoms with Crippen LogP contribution in [0.5, 0.6) is 0 Å². The van der Waals surface area contributed by atoms with E-state index in [0.717, 1.165) is 19.3 Å². The summed E-state index contributed by atoms with van der Waals surface area (Å²) in [6.07, 6.45) is 5.32. The summed E-state index contributed by atoms with van der Waals surface area (Å²) in [5.74, 6) is 1.08. The molecular weight excluding hydrogens is 527 g/mol. The molecule has 2 aromatic heterocycles. The van der Waals surface area contributed by atoms with Gasteiger partial charge < -0.3 is 21.1 Å². The van der Waals surface area contributed by atoms with Gasteiger partial charge in [0, 0.05) is 24.1 Å². The minimum absolute atomic E-state index is 0.00983. The van der Waals surface area contributed by atoms with Crippen LogP contribution >= 0.6 is 23.2 Å². The number of rotatable bonds is 6. The van der Waals surface area contributed by atoms with Crippen molar-refractivity contribution in [1.82, 2.24) is 19.5 Å². The van der Waals surface area contributed by atoms with E-state index in [1.165, 1.54) is 0 Å². The molecular formula is C26H30Cl2N8O2. The number of fused-ring (bicyclic) bond motifs is 1. The van der Waals surface area contributed by atoms with E-state index in [1.54, 1.807) is 18.3 Å². The number of carbonyl (C=O) groups is 1. The molecule has 4 N–H and O–H groups in total. The second-order valence-corrected chi connectivity index (χ2v) is 11.3. The topological polar surface area (TPSA) is 144 Å². The number of imidazole rings is 1. The molecule has 1 saturated carbocycles. The maximum absolute atomic E-state index is 12.1. The number of hydrogen-bond acceptors (Lipinski definition) is 8. The molecule has 1 aliphatic carbocycles. The number of amides is 1. The highest BCUT2D eigenvalue weighted by atomic mass is 35.5. The summed E-state index contributed by atoms with van der Waals surface area (Å²) in [5, 5.41) is 16.6. The largest absolute Gasteiger partial charge is 0.381 e. The van der Waals surface area contributed by atoms with Crippen LogP contribution in [0.1, 0.15) is 57.6 Å². The molecule has 38 heavy (non-hydrogen) atoms. The highest BCUT2D eigenvalue weighted by Gasteiger charge is 2.38. The number of benzene rings is 1. The van der Waals surface area contributed by atoms with E-state index in [0.29, 0.717) is 76.3 Å². The number of ether oxygens (including phenoxy) is 1. The number of primary amides is 1. The molecule has 1 saturated heterocycles. The monoisotopic (exact) mass is 556 g/mol. The third-order valence-electron chi connectivity index (χ3n) is 7.81. The zero-order valence-electron chi connectivity index (χ0n) is 21.3. The number of nitrogens with one attached hydrogen (secondary N) is 2. The molecule has 3 aromatic rings. The number of hydrogen-bond donors (Lipinski definition) is 3. The third kappa shape index (κ3) is 5.10. The van der Waals surface area contributed by atoms with Crippen LogP contribution in [0.4, 0.5) is 17.6 Å². The summed E-state index contributed by atoms with van der Waals surface area (Å²) in [6.45, 7) is 5.46. The molecule has 10 nitrogen and oxygen atoms in total. The van der Waals surface area contributed by atoms with E-state index in [1.807, 2.05) is 11.5 Å². The molecule has 2 aliphatic rings. The minimum atomic E-state index is -0.541. The second-order valence-electron chi connectivity index (χ2n) is 10.5. The molecule has 1 amide bonds. The van der Waals surface area contributed by atoms with Crippen LogP contribution in [0.3, 0.4) is 0 Å². The number of halogens is 2. The second kappa shape index (κ2) is 10.6. The Morgan fingerprint density at radius 1 is 1.24 bits per heavy atom. The quantitative estimate of drug-likeness (QED) is 0.376. The van der Waals surface area contributed by atoms with Crippen molar-refractivity contribution >= 4 is 57.9 Å². The Kier molecular flexibility index (Phi) is 7.36. The Bertz CT molecular complexity index is 1390. The van der Waals surface area contributed by atoms with Gasteiger partial charge in [0.05, 0.1) is 40.2 Å². The Morgan fingerprint density at radius 2 is 1.95 bits per heavy atom. The lowest BCUT2D eigenvalue weighted by Crippen LogP contribution is -2.38. The number of aromatic nitrogens is 4. The number of nitrogens with zero attached hydrogens (tertiary/aromatic N) is 5. The SMILES string of the molecule is C[C@@H]1COCC[C@H]1Nc1ncc2nc(Nc3c(Cl)cc(C#N)cc3Cl)n([C@H]3CC[C@](C)(C(N)=O)CC3)c2n1. The van der Waals surface area contributed by atoms with Crippen molar-refractivity contribution in [3.05, 3.63) is 33.9 Å². The van der Waals surface area contributed by atoms with E-state index >= 15 is 0 Å². The molecule has 3 heterocycles. The van der Waals surface area contributed by atoms with Crippen molar-refractivity contribution in [3.63, 3.8) is 0 Å². The van der Waals surface area contributed by atoms with Crippen LogP contribution in [-0.2, 0) is 9.53 Å². The zero-order chi connectivity index (χ0) is 27.0. The van der Waals surface area contributed by atoms with Crippen molar-refractivity contribution in [2.45, 2.75) is 58.0 Å². The van der Waals surface area contributed by atoms with Gasteiger partial charge in [0.2, 0.25) is 17.8 Å². The van der Waals surface area contributed by atoms with Crippen LogP contribution in [0.25, 0.3) is 11.2 Å². The van der Waals surface area contributed by atoms with Gasteiger partial charge in [-0.1, -0.05) is 37.0 Å². The molecule has 0 unspecified atom stereocenters. The average molecular weight is 557 g/mol. The Hall–Kier alpha value is -3.13. The van der Waals surface area contributed by atoms with Gasteiger partial charge in [-0.15, -0.1) is 0 Å². The van der Waals surface area contributed by atoms with Gasteiger partial charge in [0.15, 0.2) is 5.65 Å². The summed E-state index contributed by atoms with van der Waals surface area (Å²) >= 11 is 13.0. The average Bonchev–Trinajstić information content (AvgIpc) is 3.25. The fourth-order valence-corrected chi connectivity index (χ4v) is 5.85. The predicted molar refractivity (Wildman–Crippen MR) is 147 cm³/mol. The fourth-order valence-electron chi connectivity index (χ4n) is 5.27. The van der Waals surface area contributed by atoms with E-state index < -0.39 is 5.41 Å². The van der Waals surface area contributed by atoms with Crippen LogP contribution in [0.2, 0.25) is 10.0 Å². The van der Waals surface area contributed by atoms with Crippen molar-refractivity contribution in [2.75, 3.05) is 23.8 Å². The van der Waals surface area contributed by atoms with Crippen LogP contribution in [0.15, 0.2) is 18.3 Å². The third-order valence-corrected chi connectivity index (χ3v) is 8.41. The summed E-state index contributed by atoms with van der Waals surface area (Å²) in [5.41, 5.74) is 7.25. The first-order valence-electron chi connectivity index (χ1n) is 12.7. The van der Waals surface area contributed by atoms with Crippen LogP contribution < -0.4 is 16.4 Å². The van der Waals surface area contributed by atoms with Gasteiger partial charge in [0.1, 0.15) is 5.52 Å². The smallest absolute Gasteiger partial charge is 0.224 e. The van der Waals surface area contributed by atoms with E-state index in [4.69, 9.17) is 43.6 Å². The minimum Gasteiger partial charge on any atom is -0.381 e. The maximum atomic E-state index is 12.1. The standard InChI is InChI=1S/C26H30Cl2N8O2/c1-14-13-38-8-5-19(14)32-24-31-12-20-22(35-24)36(16-3-6-26(2,7-4-16)23(30)37)25(33-20)34-21-17(27)9-15(11-29)10-18(21)28/h9-10,12,14,16,19H,3-8,13H2,1-2H3,(H2,30,37)(H,33,34)(H,31,32,35)/t14-,16-,19-,26-/m1/s1. The Balaban J connectivity index is 1.54. The lowest BCUT2D eigenvalue weighted by Gasteiger charge is -2.35. The maximum Gasteiger partial charge on any atom is 0.224 e. The van der Waals surface area contributed by atoms with Crippen LogP contribution in [0, 0.1) is 22.7 Å². The zero-order valence-corrected chi connectivity index (χ0v) is 22.8. The number of nitrogens with two attached hydrogens (primary N) is 1. The highest BCUT2D eigenvalue weighted by molar-refractivity contribution is 6.39. The number of anilines is 3. The molecule has 1 aliphatic heterocycles. The summed E-state index contributed by atoms with van der Waals surface area (Å²) < 4.78 is 7.61. The molecule has 0 radical (unpaired) electrons. The van der Waals surface area contributed by atoms with Crippen LogP contribution in [-0.4, -0.2) is 44.7 Å². The van der Waals surface area contributed by atoms with Crippen molar-refractivity contribution in [3.8, 4) is 6.07 Å². The van der Waals surface area contributed by atoms with Crippen molar-refractivity contribution < 1.29 is 9.53 Å². The lowest BCUT2D eigenvalue weighted by molar-refractivity contribution is -0.128. The predicted octanol–water partition coefficient (Wildman–Crippen LogP) is 5.19. The van der Waals surface area contributed by atoms with Crippen molar-refractivity contribution in [1.29, 1.82) is 5.26 Å². The van der Waals surface area contributed by atoms with Gasteiger partial charge in [-0.25, -0.2) is 9.97 Å². The molecule has 200 valence electrons. The number of nitriles is 1. The van der Waals surface area contributed by atoms with Crippen molar-refractivity contribution in [2.24, 2.45) is 17.1 Å². The summed E-state index contributed by atoms with van der Waals surface area (Å²) in [4.78, 5) is 26.3. The van der Waals surface area contributed by atoms with Gasteiger partial charge in [0.25, 0.3) is 0 Å². The Morgan fingerprint density at radius 3 is 2.58 bits per heavy atom. The first kappa shape index (κ1) is 26.5. The summed E-state index contributed by atoms with van der Waals surface area (Å²) in [6, 6.07) is 5.38. The molecule has 2 atom stereocenters. The first-order valence-corrected chi connectivity index (χ1v) is 13.5. The van der Waals surface area contributed by atoms with Gasteiger partial charge >= 0.3 is 0 Å². The van der Waals surface area contributed by atoms with Gasteiger partial charge in [-0.3, -0.25) is 9.36 Å². The molecule has 2 fully saturated rings. The molecule has 0 bridgehead atoms. The van der Waals surface area contributed by atoms with E-state index in [2.05, 4.69) is 28.6 Å². The lowest BCUT2D eigenvalue weighted by atomic mass is 9.73. The Labute approximate surface area is 230 Å². The first-order chi connectivity index (χ1) is 18.2. The molecule has 0 spiro atoms. The molecule has 1 aromatic carbocycles. The van der Waals surface area contributed by atoms with Gasteiger partial charge in [-0.05, 0) is 50.2 Å². The normalized spacial score (nSPS) is 25.6. The molecule has 12 heteroatoms. The fraction of sp³-hybridized carbons (Fsp3) is 0.500. The van der Waals surface area contributed by atoms with E-state index in [9.17, 15) is 10.1 Å².